The first-order chi connectivity index (χ1) is 13.1. The molecule has 1 fully saturated rings. The van der Waals surface area contributed by atoms with Crippen LogP contribution in [-0.2, 0) is 6.54 Å². The third-order valence-corrected chi connectivity index (χ3v) is 5.07. The zero-order chi connectivity index (χ0) is 18.8. The summed E-state index contributed by atoms with van der Waals surface area (Å²) in [7, 11) is 4.13. The van der Waals surface area contributed by atoms with E-state index in [0.717, 1.165) is 32.4 Å². The molecule has 7 nitrogen and oxygen atoms in total. The summed E-state index contributed by atoms with van der Waals surface area (Å²) in [4.78, 5) is 17.4. The predicted octanol–water partition coefficient (Wildman–Crippen LogP) is 2.55. The Kier molecular flexibility index (Phi) is 4.85. The van der Waals surface area contributed by atoms with Crippen molar-refractivity contribution in [1.29, 1.82) is 0 Å². The Morgan fingerprint density at radius 3 is 2.78 bits per heavy atom. The summed E-state index contributed by atoms with van der Waals surface area (Å²) in [6.07, 6.45) is 4.90. The fourth-order valence-corrected chi connectivity index (χ4v) is 3.77. The zero-order valence-corrected chi connectivity index (χ0v) is 15.7. The van der Waals surface area contributed by atoms with Crippen LogP contribution in [0.3, 0.4) is 0 Å². The molecule has 1 atom stereocenters. The standard InChI is InChI=1S/C20H24N6O/c1-24(2)14-15-6-8-16(9-7-15)18-5-3-4-11-25(18)20(27)17-10-12-26-19(13-17)21-22-23-26/h6-10,12-13,18H,3-5,11,14H2,1-2H3/t18-/m1/s1. The lowest BCUT2D eigenvalue weighted by Gasteiger charge is -2.36. The minimum absolute atomic E-state index is 0.0440. The maximum absolute atomic E-state index is 13.2. The molecular formula is C20H24N6O. The van der Waals surface area contributed by atoms with Gasteiger partial charge in [0.05, 0.1) is 6.04 Å². The van der Waals surface area contributed by atoms with Crippen molar-refractivity contribution < 1.29 is 4.79 Å². The van der Waals surface area contributed by atoms with Crippen LogP contribution in [0.25, 0.3) is 5.65 Å². The molecular weight excluding hydrogens is 340 g/mol. The summed E-state index contributed by atoms with van der Waals surface area (Å²) in [6, 6.07) is 12.3. The number of likely N-dealkylation sites (tertiary alicyclic amines) is 1. The van der Waals surface area contributed by atoms with Crippen molar-refractivity contribution >= 4 is 11.6 Å². The van der Waals surface area contributed by atoms with Gasteiger partial charge in [-0.2, -0.15) is 0 Å². The van der Waals surface area contributed by atoms with E-state index in [1.165, 1.54) is 11.1 Å². The van der Waals surface area contributed by atoms with Crippen LogP contribution < -0.4 is 0 Å². The Morgan fingerprint density at radius 1 is 1.19 bits per heavy atom. The van der Waals surface area contributed by atoms with Gasteiger partial charge in [-0.15, -0.1) is 5.10 Å². The Bertz CT molecular complexity index is 933. The van der Waals surface area contributed by atoms with Crippen LogP contribution in [-0.4, -0.2) is 56.4 Å². The molecule has 1 saturated heterocycles. The van der Waals surface area contributed by atoms with E-state index in [9.17, 15) is 4.79 Å². The summed E-state index contributed by atoms with van der Waals surface area (Å²) in [5.41, 5.74) is 3.70. The molecule has 7 heteroatoms. The molecule has 1 aliphatic heterocycles. The fourth-order valence-electron chi connectivity index (χ4n) is 3.77. The van der Waals surface area contributed by atoms with E-state index in [-0.39, 0.29) is 11.9 Å². The first-order valence-electron chi connectivity index (χ1n) is 9.34. The number of hydrogen-bond acceptors (Lipinski definition) is 5. The second-order valence-corrected chi connectivity index (χ2v) is 7.39. The molecule has 0 unspecified atom stereocenters. The Labute approximate surface area is 158 Å². The quantitative estimate of drug-likeness (QED) is 0.712. The molecule has 0 radical (unpaired) electrons. The monoisotopic (exact) mass is 364 g/mol. The summed E-state index contributed by atoms with van der Waals surface area (Å²) in [5.74, 6) is 0.0440. The second kappa shape index (κ2) is 7.44. The number of rotatable bonds is 4. The minimum atomic E-state index is 0.0440. The van der Waals surface area contributed by atoms with Crippen molar-refractivity contribution in [2.24, 2.45) is 0 Å². The highest BCUT2D eigenvalue weighted by Gasteiger charge is 2.29. The number of fused-ring (bicyclic) bond motifs is 1. The van der Waals surface area contributed by atoms with Gasteiger partial charge in [-0.1, -0.05) is 24.3 Å². The first-order valence-corrected chi connectivity index (χ1v) is 9.34. The molecule has 1 aliphatic rings. The lowest BCUT2D eigenvalue weighted by atomic mass is 9.94. The number of carbonyl (C=O) groups excluding carboxylic acids is 1. The normalized spacial score (nSPS) is 17.6. The highest BCUT2D eigenvalue weighted by molar-refractivity contribution is 5.95. The average molecular weight is 364 g/mol. The van der Waals surface area contributed by atoms with Crippen molar-refractivity contribution in [2.75, 3.05) is 20.6 Å². The molecule has 27 heavy (non-hydrogen) atoms. The van der Waals surface area contributed by atoms with Gasteiger partial charge in [0.2, 0.25) is 0 Å². The molecule has 3 heterocycles. The molecule has 0 N–H and O–H groups in total. The first kappa shape index (κ1) is 17.6. The van der Waals surface area contributed by atoms with Crippen LogP contribution >= 0.6 is 0 Å². The van der Waals surface area contributed by atoms with Crippen LogP contribution in [0.1, 0.15) is 46.8 Å². The number of tetrazole rings is 1. The summed E-state index contributed by atoms with van der Waals surface area (Å²) < 4.78 is 1.56. The van der Waals surface area contributed by atoms with Gasteiger partial charge < -0.3 is 9.80 Å². The Morgan fingerprint density at radius 2 is 2.00 bits per heavy atom. The van der Waals surface area contributed by atoms with Gasteiger partial charge in [0, 0.05) is 24.8 Å². The second-order valence-electron chi connectivity index (χ2n) is 7.39. The highest BCUT2D eigenvalue weighted by atomic mass is 16.2. The van der Waals surface area contributed by atoms with E-state index in [1.54, 1.807) is 22.8 Å². The van der Waals surface area contributed by atoms with Crippen molar-refractivity contribution in [3.63, 3.8) is 0 Å². The molecule has 0 bridgehead atoms. The van der Waals surface area contributed by atoms with E-state index in [0.29, 0.717) is 11.2 Å². The van der Waals surface area contributed by atoms with Crippen LogP contribution in [0, 0.1) is 0 Å². The number of pyridine rings is 1. The van der Waals surface area contributed by atoms with Gasteiger partial charge in [0.15, 0.2) is 5.65 Å². The largest absolute Gasteiger partial charge is 0.332 e. The van der Waals surface area contributed by atoms with Crippen LogP contribution in [0.4, 0.5) is 0 Å². The predicted molar refractivity (Wildman–Crippen MR) is 102 cm³/mol. The van der Waals surface area contributed by atoms with Crippen LogP contribution in [0.5, 0.6) is 0 Å². The summed E-state index contributed by atoms with van der Waals surface area (Å²) >= 11 is 0. The molecule has 1 aromatic carbocycles. The third-order valence-electron chi connectivity index (χ3n) is 5.07. The van der Waals surface area contributed by atoms with E-state index in [1.807, 2.05) is 4.90 Å². The summed E-state index contributed by atoms with van der Waals surface area (Å²) in [5, 5.41) is 11.4. The van der Waals surface area contributed by atoms with Crippen molar-refractivity contribution in [3.05, 3.63) is 59.3 Å². The van der Waals surface area contributed by atoms with Crippen molar-refractivity contribution in [3.8, 4) is 0 Å². The van der Waals surface area contributed by atoms with E-state index in [2.05, 4.69) is 58.8 Å². The maximum Gasteiger partial charge on any atom is 0.254 e. The molecule has 140 valence electrons. The molecule has 1 amide bonds. The van der Waals surface area contributed by atoms with Gasteiger partial charge in [-0.25, -0.2) is 4.52 Å². The van der Waals surface area contributed by atoms with Crippen LogP contribution in [0.2, 0.25) is 0 Å². The fraction of sp³-hybridized carbons (Fsp3) is 0.400. The van der Waals surface area contributed by atoms with Crippen molar-refractivity contribution in [2.45, 2.75) is 31.8 Å². The number of benzene rings is 1. The lowest BCUT2D eigenvalue weighted by molar-refractivity contribution is 0.0611. The molecule has 3 aromatic rings. The number of piperidine rings is 1. The topological polar surface area (TPSA) is 66.6 Å². The molecule has 2 aromatic heterocycles. The third kappa shape index (κ3) is 3.68. The maximum atomic E-state index is 13.2. The molecule has 4 rings (SSSR count). The molecule has 0 spiro atoms. The molecule has 0 saturated carbocycles. The number of carbonyl (C=O) groups is 1. The number of amides is 1. The van der Waals surface area contributed by atoms with Crippen LogP contribution in [0.15, 0.2) is 42.6 Å². The highest BCUT2D eigenvalue weighted by Crippen LogP contribution is 2.32. The summed E-state index contributed by atoms with van der Waals surface area (Å²) in [6.45, 7) is 1.69. The van der Waals surface area contributed by atoms with Gasteiger partial charge in [-0.3, -0.25) is 4.79 Å². The average Bonchev–Trinajstić information content (AvgIpc) is 3.15. The van der Waals surface area contributed by atoms with Gasteiger partial charge in [0.25, 0.3) is 5.91 Å². The number of aromatic nitrogens is 4. The van der Waals surface area contributed by atoms with E-state index < -0.39 is 0 Å². The van der Waals surface area contributed by atoms with E-state index in [4.69, 9.17) is 0 Å². The van der Waals surface area contributed by atoms with Gasteiger partial charge >= 0.3 is 0 Å². The minimum Gasteiger partial charge on any atom is -0.332 e. The zero-order valence-electron chi connectivity index (χ0n) is 15.7. The van der Waals surface area contributed by atoms with Crippen molar-refractivity contribution in [1.82, 2.24) is 29.8 Å². The number of hydrogen-bond donors (Lipinski definition) is 0. The van der Waals surface area contributed by atoms with Gasteiger partial charge in [-0.05, 0) is 67.0 Å². The van der Waals surface area contributed by atoms with Gasteiger partial charge in [0.1, 0.15) is 0 Å². The lowest BCUT2D eigenvalue weighted by Crippen LogP contribution is -2.38. The van der Waals surface area contributed by atoms with E-state index >= 15 is 0 Å². The Balaban J connectivity index is 1.58. The number of nitrogens with zero attached hydrogens (tertiary/aromatic N) is 6. The smallest absolute Gasteiger partial charge is 0.254 e. The SMILES string of the molecule is CN(C)Cc1ccc([C@H]2CCCCN2C(=O)c2ccn3nnnc3c2)cc1. The molecule has 0 aliphatic carbocycles. The Hall–Kier alpha value is -2.80.